The molecule has 0 saturated heterocycles. The fraction of sp³-hybridized carbons (Fsp3) is 0.421. The summed E-state index contributed by atoms with van der Waals surface area (Å²) in [6.45, 7) is 8.81. The summed E-state index contributed by atoms with van der Waals surface area (Å²) >= 11 is 0. The molecule has 0 spiro atoms. The molecule has 0 aliphatic carbocycles. The summed E-state index contributed by atoms with van der Waals surface area (Å²) in [6.07, 6.45) is 0.890. The van der Waals surface area contributed by atoms with Crippen molar-refractivity contribution >= 4 is 17.5 Å². The van der Waals surface area contributed by atoms with E-state index in [1.807, 2.05) is 13.0 Å². The van der Waals surface area contributed by atoms with E-state index in [2.05, 4.69) is 36.5 Å². The highest BCUT2D eigenvalue weighted by Gasteiger charge is 2.21. The molecule has 0 aliphatic heterocycles. The number of hydrogen-bond acceptors (Lipinski definition) is 3. The SMILES string of the molecule is CCCNC(=O)c1ccc(NC(=O)c2cc(C(C)(C)C)nn2C)cc1. The maximum Gasteiger partial charge on any atom is 0.273 e. The molecule has 0 radical (unpaired) electrons. The molecule has 6 nitrogen and oxygen atoms in total. The third kappa shape index (κ3) is 4.68. The Labute approximate surface area is 148 Å². The second kappa shape index (κ2) is 7.51. The highest BCUT2D eigenvalue weighted by Crippen LogP contribution is 2.22. The van der Waals surface area contributed by atoms with Gasteiger partial charge < -0.3 is 10.6 Å². The maximum atomic E-state index is 12.5. The van der Waals surface area contributed by atoms with E-state index in [1.54, 1.807) is 36.0 Å². The van der Waals surface area contributed by atoms with Gasteiger partial charge in [0.25, 0.3) is 11.8 Å². The van der Waals surface area contributed by atoms with E-state index in [-0.39, 0.29) is 17.2 Å². The fourth-order valence-corrected chi connectivity index (χ4v) is 2.29. The van der Waals surface area contributed by atoms with E-state index in [0.29, 0.717) is 23.5 Å². The summed E-state index contributed by atoms with van der Waals surface area (Å²) in [5.41, 5.74) is 2.44. The number of carbonyl (C=O) groups excluding carboxylic acids is 2. The summed E-state index contributed by atoms with van der Waals surface area (Å²) in [5.74, 6) is -0.338. The van der Waals surface area contributed by atoms with Gasteiger partial charge in [-0.15, -0.1) is 0 Å². The van der Waals surface area contributed by atoms with Crippen molar-refractivity contribution in [3.05, 3.63) is 47.3 Å². The lowest BCUT2D eigenvalue weighted by molar-refractivity contribution is 0.0953. The minimum Gasteiger partial charge on any atom is -0.352 e. The minimum atomic E-state index is -0.228. The van der Waals surface area contributed by atoms with Crippen LogP contribution in [-0.2, 0) is 12.5 Å². The van der Waals surface area contributed by atoms with Crippen molar-refractivity contribution in [1.82, 2.24) is 15.1 Å². The molecular formula is C19H26N4O2. The van der Waals surface area contributed by atoms with Gasteiger partial charge >= 0.3 is 0 Å². The maximum absolute atomic E-state index is 12.5. The first kappa shape index (κ1) is 18.7. The molecule has 0 atom stereocenters. The van der Waals surface area contributed by atoms with Crippen LogP contribution in [0, 0.1) is 0 Å². The number of aromatic nitrogens is 2. The molecule has 0 bridgehead atoms. The van der Waals surface area contributed by atoms with Gasteiger partial charge in [0.2, 0.25) is 0 Å². The van der Waals surface area contributed by atoms with Crippen LogP contribution in [0.3, 0.4) is 0 Å². The second-order valence-electron chi connectivity index (χ2n) is 7.08. The van der Waals surface area contributed by atoms with Crippen LogP contribution >= 0.6 is 0 Å². The third-order valence-corrected chi connectivity index (χ3v) is 3.82. The number of carbonyl (C=O) groups is 2. The smallest absolute Gasteiger partial charge is 0.273 e. The predicted octanol–water partition coefficient (Wildman–Crippen LogP) is 3.11. The Kier molecular flexibility index (Phi) is 5.62. The summed E-state index contributed by atoms with van der Waals surface area (Å²) < 4.78 is 1.59. The Morgan fingerprint density at radius 2 is 1.76 bits per heavy atom. The first-order valence-electron chi connectivity index (χ1n) is 8.46. The molecule has 6 heteroatoms. The molecule has 0 fully saturated rings. The van der Waals surface area contributed by atoms with Gasteiger partial charge in [-0.3, -0.25) is 14.3 Å². The Morgan fingerprint density at radius 1 is 1.12 bits per heavy atom. The molecule has 1 aromatic carbocycles. The number of benzene rings is 1. The van der Waals surface area contributed by atoms with E-state index in [9.17, 15) is 9.59 Å². The molecule has 2 N–H and O–H groups in total. The fourth-order valence-electron chi connectivity index (χ4n) is 2.29. The average molecular weight is 342 g/mol. The van der Waals surface area contributed by atoms with Crippen molar-refractivity contribution in [2.45, 2.75) is 39.5 Å². The quantitative estimate of drug-likeness (QED) is 0.876. The van der Waals surface area contributed by atoms with Crippen LogP contribution in [0.25, 0.3) is 0 Å². The molecule has 0 saturated carbocycles. The van der Waals surface area contributed by atoms with Gasteiger partial charge in [-0.25, -0.2) is 0 Å². The lowest BCUT2D eigenvalue weighted by Gasteiger charge is -2.13. The normalized spacial score (nSPS) is 11.2. The highest BCUT2D eigenvalue weighted by atomic mass is 16.2. The van der Waals surface area contributed by atoms with Crippen LogP contribution in [0.2, 0.25) is 0 Å². The Hall–Kier alpha value is -2.63. The topological polar surface area (TPSA) is 76.0 Å². The third-order valence-electron chi connectivity index (χ3n) is 3.82. The van der Waals surface area contributed by atoms with E-state index < -0.39 is 0 Å². The highest BCUT2D eigenvalue weighted by molar-refractivity contribution is 6.03. The van der Waals surface area contributed by atoms with Crippen molar-refractivity contribution in [3.8, 4) is 0 Å². The lowest BCUT2D eigenvalue weighted by Crippen LogP contribution is -2.23. The van der Waals surface area contributed by atoms with Crippen LogP contribution in [0.1, 0.15) is 60.7 Å². The Bertz CT molecular complexity index is 755. The number of rotatable bonds is 5. The van der Waals surface area contributed by atoms with E-state index in [4.69, 9.17) is 0 Å². The van der Waals surface area contributed by atoms with Crippen LogP contribution in [0.4, 0.5) is 5.69 Å². The molecule has 2 amide bonds. The van der Waals surface area contributed by atoms with Gasteiger partial charge in [0.05, 0.1) is 5.69 Å². The lowest BCUT2D eigenvalue weighted by atomic mass is 9.92. The largest absolute Gasteiger partial charge is 0.352 e. The molecule has 2 rings (SSSR count). The first-order valence-corrected chi connectivity index (χ1v) is 8.46. The molecule has 2 aromatic rings. The zero-order chi connectivity index (χ0) is 18.6. The predicted molar refractivity (Wildman–Crippen MR) is 98.9 cm³/mol. The molecule has 1 heterocycles. The number of aryl methyl sites for hydroxylation is 1. The van der Waals surface area contributed by atoms with E-state index in [1.165, 1.54) is 0 Å². The molecule has 0 aliphatic rings. The van der Waals surface area contributed by atoms with Gasteiger partial charge in [-0.2, -0.15) is 5.10 Å². The van der Waals surface area contributed by atoms with Crippen LogP contribution in [0.15, 0.2) is 30.3 Å². The Morgan fingerprint density at radius 3 is 2.28 bits per heavy atom. The average Bonchev–Trinajstić information content (AvgIpc) is 2.95. The van der Waals surface area contributed by atoms with Gasteiger partial charge in [-0.1, -0.05) is 27.7 Å². The minimum absolute atomic E-state index is 0.110. The van der Waals surface area contributed by atoms with Gasteiger partial charge in [0.1, 0.15) is 5.69 Å². The van der Waals surface area contributed by atoms with Gasteiger partial charge in [0.15, 0.2) is 0 Å². The first-order chi connectivity index (χ1) is 11.7. The van der Waals surface area contributed by atoms with Crippen molar-refractivity contribution < 1.29 is 9.59 Å². The van der Waals surface area contributed by atoms with Gasteiger partial charge in [-0.05, 0) is 36.8 Å². The summed E-state index contributed by atoms with van der Waals surface area (Å²) in [4.78, 5) is 24.4. The molecule has 134 valence electrons. The number of amides is 2. The monoisotopic (exact) mass is 342 g/mol. The second-order valence-corrected chi connectivity index (χ2v) is 7.08. The van der Waals surface area contributed by atoms with Crippen LogP contribution < -0.4 is 10.6 Å². The molecule has 1 aromatic heterocycles. The number of hydrogen-bond donors (Lipinski definition) is 2. The summed E-state index contributed by atoms with van der Waals surface area (Å²) in [7, 11) is 1.76. The molecule has 0 unspecified atom stereocenters. The zero-order valence-electron chi connectivity index (χ0n) is 15.5. The van der Waals surface area contributed by atoms with E-state index in [0.717, 1.165) is 12.1 Å². The Balaban J connectivity index is 2.08. The zero-order valence-corrected chi connectivity index (χ0v) is 15.5. The molecule has 25 heavy (non-hydrogen) atoms. The van der Waals surface area contributed by atoms with Gasteiger partial charge in [0, 0.05) is 30.3 Å². The van der Waals surface area contributed by atoms with Crippen molar-refractivity contribution in [2.24, 2.45) is 7.05 Å². The standard InChI is InChI=1S/C19H26N4O2/c1-6-11-20-17(24)13-7-9-14(10-8-13)21-18(25)15-12-16(19(2,3)4)22-23(15)5/h7-10,12H,6,11H2,1-5H3,(H,20,24)(H,21,25). The molecular weight excluding hydrogens is 316 g/mol. The number of nitrogens with one attached hydrogen (secondary N) is 2. The van der Waals surface area contributed by atoms with E-state index >= 15 is 0 Å². The number of nitrogens with zero attached hydrogens (tertiary/aromatic N) is 2. The number of anilines is 1. The van der Waals surface area contributed by atoms with Crippen molar-refractivity contribution in [1.29, 1.82) is 0 Å². The summed E-state index contributed by atoms with van der Waals surface area (Å²) in [6, 6.07) is 8.65. The van der Waals surface area contributed by atoms with Crippen LogP contribution in [0.5, 0.6) is 0 Å². The van der Waals surface area contributed by atoms with Crippen LogP contribution in [-0.4, -0.2) is 28.1 Å². The van der Waals surface area contributed by atoms with Crippen molar-refractivity contribution in [2.75, 3.05) is 11.9 Å². The van der Waals surface area contributed by atoms with Crippen molar-refractivity contribution in [3.63, 3.8) is 0 Å². The summed E-state index contributed by atoms with van der Waals surface area (Å²) in [5, 5.41) is 10.1.